The van der Waals surface area contributed by atoms with Crippen LogP contribution in [0.3, 0.4) is 0 Å². The van der Waals surface area contributed by atoms with E-state index in [-0.39, 0.29) is 0 Å². The Morgan fingerprint density at radius 3 is 2.04 bits per heavy atom. The van der Waals surface area contributed by atoms with E-state index in [0.29, 0.717) is 22.8 Å². The van der Waals surface area contributed by atoms with E-state index in [4.69, 9.17) is 4.42 Å². The van der Waals surface area contributed by atoms with E-state index in [1.165, 1.54) is 6.21 Å². The number of nitrogens with one attached hydrogen (secondary N) is 1. The van der Waals surface area contributed by atoms with Crippen molar-refractivity contribution >= 4 is 18.0 Å². The zero-order valence-electron chi connectivity index (χ0n) is 15.2. The van der Waals surface area contributed by atoms with E-state index < -0.39 is 11.5 Å². The molecule has 0 saturated heterocycles. The second-order valence-electron chi connectivity index (χ2n) is 6.21. The molecular formula is C21H21N3O3. The second-order valence-corrected chi connectivity index (χ2v) is 6.21. The number of carbonyl (C=O) groups is 1. The van der Waals surface area contributed by atoms with Gasteiger partial charge in [0, 0.05) is 20.2 Å². The molecule has 1 amide bonds. The predicted octanol–water partition coefficient (Wildman–Crippen LogP) is 2.73. The van der Waals surface area contributed by atoms with Crippen molar-refractivity contribution in [1.82, 2.24) is 5.43 Å². The number of carbonyl (C=O) groups excluding carboxylic acids is 1. The van der Waals surface area contributed by atoms with Gasteiger partial charge in [-0.25, -0.2) is 5.43 Å². The highest BCUT2D eigenvalue weighted by atomic mass is 16.4. The molecule has 0 spiro atoms. The Morgan fingerprint density at radius 2 is 1.56 bits per heavy atom. The zero-order valence-corrected chi connectivity index (χ0v) is 15.2. The lowest BCUT2D eigenvalue weighted by Crippen LogP contribution is -2.43. The Bertz CT molecular complexity index is 879. The summed E-state index contributed by atoms with van der Waals surface area (Å²) in [4.78, 5) is 14.7. The number of hydrogen-bond donors (Lipinski definition) is 2. The number of furan rings is 1. The van der Waals surface area contributed by atoms with E-state index in [9.17, 15) is 9.90 Å². The van der Waals surface area contributed by atoms with Gasteiger partial charge in [0.2, 0.25) is 0 Å². The Kier molecular flexibility index (Phi) is 5.38. The third-order valence-electron chi connectivity index (χ3n) is 4.12. The average molecular weight is 363 g/mol. The molecule has 0 saturated carbocycles. The van der Waals surface area contributed by atoms with Crippen LogP contribution in [0.5, 0.6) is 0 Å². The van der Waals surface area contributed by atoms with Crippen LogP contribution in [0.15, 0.2) is 82.3 Å². The van der Waals surface area contributed by atoms with Crippen molar-refractivity contribution in [3.05, 3.63) is 89.7 Å². The summed E-state index contributed by atoms with van der Waals surface area (Å²) >= 11 is 0. The van der Waals surface area contributed by atoms with Gasteiger partial charge in [0.15, 0.2) is 11.5 Å². The smallest absolute Gasteiger partial charge is 0.281 e. The fourth-order valence-corrected chi connectivity index (χ4v) is 2.67. The van der Waals surface area contributed by atoms with Gasteiger partial charge in [-0.05, 0) is 17.2 Å². The van der Waals surface area contributed by atoms with Gasteiger partial charge in [-0.3, -0.25) is 4.79 Å². The minimum atomic E-state index is -1.86. The number of hydrogen-bond acceptors (Lipinski definition) is 5. The van der Waals surface area contributed by atoms with Crippen LogP contribution in [0.2, 0.25) is 0 Å². The molecule has 6 heteroatoms. The number of benzene rings is 2. The molecule has 0 radical (unpaired) electrons. The summed E-state index contributed by atoms with van der Waals surface area (Å²) < 4.78 is 5.54. The predicted molar refractivity (Wildman–Crippen MR) is 105 cm³/mol. The standard InChI is InChI=1S/C21H21N3O3/c1-24(2)19-14-13-18(27-19)15-22-23-20(25)21(26,16-9-5-3-6-10-16)17-11-7-4-8-12-17/h3-15,26H,1-2H3,(H,23,25). The highest BCUT2D eigenvalue weighted by molar-refractivity contribution is 5.90. The number of rotatable bonds is 6. The van der Waals surface area contributed by atoms with Crippen molar-refractivity contribution in [2.24, 2.45) is 5.10 Å². The van der Waals surface area contributed by atoms with E-state index in [1.807, 2.05) is 31.1 Å². The summed E-state index contributed by atoms with van der Waals surface area (Å²) in [6.45, 7) is 0. The maximum atomic E-state index is 12.9. The minimum absolute atomic E-state index is 0.455. The van der Waals surface area contributed by atoms with E-state index >= 15 is 0 Å². The molecule has 3 rings (SSSR count). The van der Waals surface area contributed by atoms with Crippen LogP contribution < -0.4 is 10.3 Å². The number of hydrazone groups is 1. The van der Waals surface area contributed by atoms with Gasteiger partial charge in [-0.1, -0.05) is 60.7 Å². The maximum Gasteiger partial charge on any atom is 0.281 e. The fraction of sp³-hybridized carbons (Fsp3) is 0.143. The van der Waals surface area contributed by atoms with E-state index in [2.05, 4.69) is 10.5 Å². The van der Waals surface area contributed by atoms with E-state index in [0.717, 1.165) is 0 Å². The average Bonchev–Trinajstić information content (AvgIpc) is 3.18. The summed E-state index contributed by atoms with van der Waals surface area (Å²) in [6, 6.07) is 21.1. The molecule has 2 N–H and O–H groups in total. The van der Waals surface area contributed by atoms with Crippen LogP contribution in [0.1, 0.15) is 16.9 Å². The van der Waals surface area contributed by atoms with Crippen molar-refractivity contribution in [3.63, 3.8) is 0 Å². The van der Waals surface area contributed by atoms with Gasteiger partial charge in [-0.15, -0.1) is 0 Å². The molecule has 0 unspecified atom stereocenters. The lowest BCUT2D eigenvalue weighted by Gasteiger charge is -2.26. The van der Waals surface area contributed by atoms with Gasteiger partial charge >= 0.3 is 0 Å². The van der Waals surface area contributed by atoms with Crippen LogP contribution >= 0.6 is 0 Å². The van der Waals surface area contributed by atoms with Crippen LogP contribution in [-0.2, 0) is 10.4 Å². The fourth-order valence-electron chi connectivity index (χ4n) is 2.67. The van der Waals surface area contributed by atoms with Gasteiger partial charge < -0.3 is 14.4 Å². The highest BCUT2D eigenvalue weighted by Crippen LogP contribution is 2.29. The molecule has 6 nitrogen and oxygen atoms in total. The first-order chi connectivity index (χ1) is 13.0. The molecule has 0 aliphatic heterocycles. The Morgan fingerprint density at radius 1 is 1.00 bits per heavy atom. The molecule has 1 aromatic heterocycles. The number of aliphatic hydroxyl groups is 1. The van der Waals surface area contributed by atoms with Crippen molar-refractivity contribution < 1.29 is 14.3 Å². The normalized spacial score (nSPS) is 11.5. The molecule has 2 aromatic carbocycles. The SMILES string of the molecule is CN(C)c1ccc(C=NNC(=O)C(O)(c2ccccc2)c2ccccc2)o1. The first-order valence-corrected chi connectivity index (χ1v) is 8.46. The number of nitrogens with zero attached hydrogens (tertiary/aromatic N) is 2. The van der Waals surface area contributed by atoms with Crippen LogP contribution in [0, 0.1) is 0 Å². The molecule has 3 aromatic rings. The maximum absolute atomic E-state index is 12.9. The number of amides is 1. The van der Waals surface area contributed by atoms with Gasteiger partial charge in [0.05, 0.1) is 6.21 Å². The first-order valence-electron chi connectivity index (χ1n) is 8.46. The second kappa shape index (κ2) is 7.88. The molecule has 0 aliphatic rings. The molecule has 138 valence electrons. The van der Waals surface area contributed by atoms with E-state index in [1.54, 1.807) is 60.7 Å². The largest absolute Gasteiger partial charge is 0.440 e. The van der Waals surface area contributed by atoms with Crippen LogP contribution in [0.25, 0.3) is 0 Å². The summed E-state index contributed by atoms with van der Waals surface area (Å²) in [5.41, 5.74) is 1.46. The van der Waals surface area contributed by atoms with Crippen LogP contribution in [0.4, 0.5) is 5.88 Å². The molecule has 1 heterocycles. The third kappa shape index (κ3) is 3.91. The Hall–Kier alpha value is -3.38. The molecule has 0 fully saturated rings. The molecular weight excluding hydrogens is 342 g/mol. The Balaban J connectivity index is 1.84. The molecule has 0 bridgehead atoms. The number of anilines is 1. The van der Waals surface area contributed by atoms with Crippen LogP contribution in [-0.4, -0.2) is 31.3 Å². The molecule has 0 aliphatic carbocycles. The lowest BCUT2D eigenvalue weighted by molar-refractivity contribution is -0.136. The topological polar surface area (TPSA) is 78.1 Å². The summed E-state index contributed by atoms with van der Waals surface area (Å²) in [5, 5.41) is 15.2. The van der Waals surface area contributed by atoms with Gasteiger partial charge in [0.1, 0.15) is 5.76 Å². The molecule has 0 atom stereocenters. The summed E-state index contributed by atoms with van der Waals surface area (Å²) in [5.74, 6) is 0.505. The first kappa shape index (κ1) is 18.4. The zero-order chi connectivity index (χ0) is 19.3. The summed E-state index contributed by atoms with van der Waals surface area (Å²) in [6.07, 6.45) is 1.39. The minimum Gasteiger partial charge on any atom is -0.440 e. The van der Waals surface area contributed by atoms with Crippen molar-refractivity contribution in [3.8, 4) is 0 Å². The Labute approximate surface area is 157 Å². The van der Waals surface area contributed by atoms with Crippen molar-refractivity contribution in [1.29, 1.82) is 0 Å². The monoisotopic (exact) mass is 363 g/mol. The highest BCUT2D eigenvalue weighted by Gasteiger charge is 2.39. The van der Waals surface area contributed by atoms with Gasteiger partial charge in [0.25, 0.3) is 5.91 Å². The van der Waals surface area contributed by atoms with Gasteiger partial charge in [-0.2, -0.15) is 5.10 Å². The lowest BCUT2D eigenvalue weighted by atomic mass is 9.85. The van der Waals surface area contributed by atoms with Crippen molar-refractivity contribution in [2.45, 2.75) is 5.60 Å². The van der Waals surface area contributed by atoms with Crippen molar-refractivity contribution in [2.75, 3.05) is 19.0 Å². The quantitative estimate of drug-likeness (QED) is 0.521. The summed E-state index contributed by atoms with van der Waals surface area (Å²) in [7, 11) is 3.72. The molecule has 27 heavy (non-hydrogen) atoms. The third-order valence-corrected chi connectivity index (χ3v) is 4.12.